The predicted octanol–water partition coefficient (Wildman–Crippen LogP) is 3.19. The maximum Gasteiger partial charge on any atom is 0.332 e. The van der Waals surface area contributed by atoms with Gasteiger partial charge in [-0.1, -0.05) is 23.2 Å². The van der Waals surface area contributed by atoms with Gasteiger partial charge < -0.3 is 0 Å². The fourth-order valence-corrected chi connectivity index (χ4v) is 3.41. The molecule has 0 bridgehead atoms. The monoisotopic (exact) mass is 440 g/mol. The van der Waals surface area contributed by atoms with Gasteiger partial charge in [0.2, 0.25) is 0 Å². The minimum absolute atomic E-state index is 0.0354. The molecule has 30 heavy (non-hydrogen) atoms. The van der Waals surface area contributed by atoms with Gasteiger partial charge in [-0.2, -0.15) is 0 Å². The first-order valence-corrected chi connectivity index (χ1v) is 9.67. The van der Waals surface area contributed by atoms with Crippen molar-refractivity contribution in [3.63, 3.8) is 0 Å². The molecule has 0 aliphatic rings. The Kier molecular flexibility index (Phi) is 5.48. The van der Waals surface area contributed by atoms with E-state index in [0.29, 0.717) is 10.6 Å². The summed E-state index contributed by atoms with van der Waals surface area (Å²) in [6, 6.07) is 11.1. The minimum atomic E-state index is -0.606. The van der Waals surface area contributed by atoms with E-state index in [9.17, 15) is 14.4 Å². The average molecular weight is 441 g/mol. The van der Waals surface area contributed by atoms with Crippen LogP contribution in [0.4, 0.5) is 0 Å². The van der Waals surface area contributed by atoms with Gasteiger partial charge >= 0.3 is 5.69 Å². The number of rotatable bonds is 5. The van der Waals surface area contributed by atoms with E-state index in [1.165, 1.54) is 29.0 Å². The van der Waals surface area contributed by atoms with Crippen LogP contribution in [0.1, 0.15) is 15.9 Å². The molecule has 0 radical (unpaired) electrons. The molecule has 3 heterocycles. The summed E-state index contributed by atoms with van der Waals surface area (Å²) in [5.41, 5.74) is 0.290. The van der Waals surface area contributed by atoms with Crippen molar-refractivity contribution in [2.24, 2.45) is 0 Å². The number of fused-ring (bicyclic) bond motifs is 1. The molecule has 0 aliphatic heterocycles. The Morgan fingerprint density at radius 1 is 0.933 bits per heavy atom. The third-order valence-electron chi connectivity index (χ3n) is 4.62. The molecule has 7 nitrogen and oxygen atoms in total. The molecule has 4 aromatic rings. The van der Waals surface area contributed by atoms with Crippen molar-refractivity contribution >= 4 is 40.0 Å². The molecular weight excluding hydrogens is 427 g/mol. The van der Waals surface area contributed by atoms with Gasteiger partial charge in [0.15, 0.2) is 11.3 Å². The van der Waals surface area contributed by atoms with Crippen LogP contribution in [-0.2, 0) is 13.1 Å². The molecule has 0 saturated heterocycles. The Bertz CT molecular complexity index is 1380. The van der Waals surface area contributed by atoms with E-state index >= 15 is 0 Å². The van der Waals surface area contributed by atoms with Gasteiger partial charge in [-0.25, -0.2) is 9.78 Å². The third-order valence-corrected chi connectivity index (χ3v) is 5.36. The summed E-state index contributed by atoms with van der Waals surface area (Å²) in [6.07, 6.45) is 4.62. The fourth-order valence-electron chi connectivity index (χ4n) is 3.11. The van der Waals surface area contributed by atoms with Gasteiger partial charge in [-0.05, 0) is 48.0 Å². The Morgan fingerprint density at radius 3 is 2.43 bits per heavy atom. The van der Waals surface area contributed by atoms with Crippen molar-refractivity contribution in [1.82, 2.24) is 19.1 Å². The third kappa shape index (κ3) is 3.77. The van der Waals surface area contributed by atoms with E-state index in [1.54, 1.807) is 36.7 Å². The van der Waals surface area contributed by atoms with Crippen molar-refractivity contribution in [3.8, 4) is 0 Å². The summed E-state index contributed by atoms with van der Waals surface area (Å²) in [7, 11) is 0. The molecule has 0 N–H and O–H groups in total. The smallest absolute Gasteiger partial charge is 0.292 e. The van der Waals surface area contributed by atoms with Crippen molar-refractivity contribution in [1.29, 1.82) is 0 Å². The number of hydrogen-bond donors (Lipinski definition) is 0. The lowest BCUT2D eigenvalue weighted by Gasteiger charge is -2.13. The molecule has 3 aromatic heterocycles. The minimum Gasteiger partial charge on any atom is -0.292 e. The van der Waals surface area contributed by atoms with Crippen LogP contribution in [0.15, 0.2) is 70.6 Å². The number of carbonyl (C=O) groups excluding carboxylic acids is 1. The van der Waals surface area contributed by atoms with Gasteiger partial charge in [-0.3, -0.25) is 23.7 Å². The average Bonchev–Trinajstić information content (AvgIpc) is 2.76. The summed E-state index contributed by atoms with van der Waals surface area (Å²) >= 11 is 11.9. The van der Waals surface area contributed by atoms with Crippen LogP contribution in [0.2, 0.25) is 10.0 Å². The zero-order valence-electron chi connectivity index (χ0n) is 15.5. The highest BCUT2D eigenvalue weighted by Gasteiger charge is 2.17. The molecule has 0 atom stereocenters. The predicted molar refractivity (Wildman–Crippen MR) is 114 cm³/mol. The maximum atomic E-state index is 13.2. The second-order valence-corrected chi connectivity index (χ2v) is 7.35. The highest BCUT2D eigenvalue weighted by molar-refractivity contribution is 6.42. The van der Waals surface area contributed by atoms with Crippen molar-refractivity contribution in [3.05, 3.63) is 103 Å². The first kappa shape index (κ1) is 20.0. The van der Waals surface area contributed by atoms with Crippen LogP contribution in [0.3, 0.4) is 0 Å². The lowest BCUT2D eigenvalue weighted by molar-refractivity contribution is 0.0971. The second kappa shape index (κ2) is 8.22. The standard InChI is InChI=1S/C21H14Cl2N4O3/c22-15-4-3-14(10-16(15)23)18(28)12-26-17-2-1-7-25-19(17)20(29)27(21(26)30)11-13-5-8-24-9-6-13/h1-10H,11-12H2. The zero-order chi connectivity index (χ0) is 21.3. The summed E-state index contributed by atoms with van der Waals surface area (Å²) in [5, 5.41) is 0.565. The van der Waals surface area contributed by atoms with Crippen LogP contribution in [0.5, 0.6) is 0 Å². The molecule has 4 rings (SSSR count). The molecule has 0 aliphatic carbocycles. The van der Waals surface area contributed by atoms with Gasteiger partial charge in [0.1, 0.15) is 0 Å². The number of halogens is 2. The normalized spacial score (nSPS) is 11.0. The number of hydrogen-bond acceptors (Lipinski definition) is 5. The first-order chi connectivity index (χ1) is 14.5. The van der Waals surface area contributed by atoms with Gasteiger partial charge in [0.05, 0.1) is 28.7 Å². The highest BCUT2D eigenvalue weighted by Crippen LogP contribution is 2.23. The lowest BCUT2D eigenvalue weighted by atomic mass is 10.1. The van der Waals surface area contributed by atoms with Crippen LogP contribution >= 0.6 is 23.2 Å². The number of carbonyl (C=O) groups is 1. The quantitative estimate of drug-likeness (QED) is 0.444. The van der Waals surface area contributed by atoms with Crippen LogP contribution in [0, 0.1) is 0 Å². The van der Waals surface area contributed by atoms with Crippen molar-refractivity contribution < 1.29 is 4.79 Å². The summed E-state index contributed by atoms with van der Waals surface area (Å²) < 4.78 is 2.31. The number of Topliss-reactive ketones (excluding diaryl/α,β-unsaturated/α-hetero) is 1. The van der Waals surface area contributed by atoms with Crippen LogP contribution in [-0.4, -0.2) is 24.9 Å². The second-order valence-electron chi connectivity index (χ2n) is 6.54. The molecule has 9 heteroatoms. The number of pyridine rings is 2. The Labute approximate surface area is 180 Å². The van der Waals surface area contributed by atoms with Crippen LogP contribution < -0.4 is 11.2 Å². The lowest BCUT2D eigenvalue weighted by Crippen LogP contribution is -2.41. The largest absolute Gasteiger partial charge is 0.332 e. The van der Waals surface area contributed by atoms with Crippen molar-refractivity contribution in [2.75, 3.05) is 0 Å². The highest BCUT2D eigenvalue weighted by atomic mass is 35.5. The van der Waals surface area contributed by atoms with Gasteiger partial charge in [0.25, 0.3) is 5.56 Å². The van der Waals surface area contributed by atoms with E-state index in [-0.39, 0.29) is 34.9 Å². The Morgan fingerprint density at radius 2 is 1.70 bits per heavy atom. The molecule has 0 amide bonds. The maximum absolute atomic E-state index is 13.2. The number of benzene rings is 1. The van der Waals surface area contributed by atoms with E-state index in [4.69, 9.17) is 23.2 Å². The summed E-state index contributed by atoms with van der Waals surface area (Å²) in [4.78, 5) is 47.0. The van der Waals surface area contributed by atoms with E-state index in [0.717, 1.165) is 10.1 Å². The molecule has 0 saturated carbocycles. The summed E-state index contributed by atoms with van der Waals surface area (Å²) in [5.74, 6) is -0.352. The molecule has 1 aromatic carbocycles. The zero-order valence-corrected chi connectivity index (χ0v) is 17.0. The topological polar surface area (TPSA) is 86.9 Å². The number of ketones is 1. The molecular formula is C21H14Cl2N4O3. The van der Waals surface area contributed by atoms with Gasteiger partial charge in [0, 0.05) is 24.2 Å². The summed E-state index contributed by atoms with van der Waals surface area (Å²) in [6.45, 7) is -0.247. The number of nitrogens with zero attached hydrogens (tertiary/aromatic N) is 4. The Balaban J connectivity index is 1.84. The van der Waals surface area contributed by atoms with E-state index in [2.05, 4.69) is 9.97 Å². The molecule has 0 fully saturated rings. The SMILES string of the molecule is O=C(Cn1c(=O)n(Cc2ccncc2)c(=O)c2ncccc21)c1ccc(Cl)c(Cl)c1. The molecule has 0 unspecified atom stereocenters. The van der Waals surface area contributed by atoms with E-state index < -0.39 is 11.2 Å². The van der Waals surface area contributed by atoms with E-state index in [1.807, 2.05) is 0 Å². The van der Waals surface area contributed by atoms with Gasteiger partial charge in [-0.15, -0.1) is 0 Å². The van der Waals surface area contributed by atoms with Crippen molar-refractivity contribution in [2.45, 2.75) is 13.1 Å². The molecule has 0 spiro atoms. The van der Waals surface area contributed by atoms with Crippen LogP contribution in [0.25, 0.3) is 11.0 Å². The fraction of sp³-hybridized carbons (Fsp3) is 0.0952. The Hall–Kier alpha value is -3.29. The number of aromatic nitrogens is 4. The molecule has 150 valence electrons. The first-order valence-electron chi connectivity index (χ1n) is 8.91.